The molecule has 1 aromatic heterocycles. The zero-order valence-electron chi connectivity index (χ0n) is 13.1. The molecule has 1 atom stereocenters. The molecule has 0 aromatic carbocycles. The van der Waals surface area contributed by atoms with Crippen LogP contribution in [0.5, 0.6) is 0 Å². The minimum absolute atomic E-state index is 0.0988. The Bertz CT molecular complexity index is 481. The molecule has 1 aliphatic carbocycles. The summed E-state index contributed by atoms with van der Waals surface area (Å²) in [5, 5.41) is 6.58. The van der Waals surface area contributed by atoms with Gasteiger partial charge in [0.25, 0.3) is 0 Å². The van der Waals surface area contributed by atoms with Gasteiger partial charge < -0.3 is 24.5 Å². The Kier molecular flexibility index (Phi) is 5.00. The molecular weight excluding hydrogens is 282 g/mol. The van der Waals surface area contributed by atoms with Crippen LogP contribution >= 0.6 is 0 Å². The minimum atomic E-state index is -0.289. The number of ether oxygens (including phenoxy) is 2. The molecule has 2 fully saturated rings. The number of aliphatic imine (C=N–C) groups is 1. The highest BCUT2D eigenvalue weighted by molar-refractivity contribution is 5.79. The number of nitrogens with one attached hydrogen (secondary N) is 2. The van der Waals surface area contributed by atoms with E-state index in [1.807, 2.05) is 12.1 Å². The van der Waals surface area contributed by atoms with Crippen molar-refractivity contribution >= 4 is 5.96 Å². The Hall–Kier alpha value is -1.53. The van der Waals surface area contributed by atoms with E-state index in [-0.39, 0.29) is 11.9 Å². The standard InChI is InChI=1S/C16H25N3O3/c1-17-15(18-9-6-13-5-4-10-20-13)19-11-14-12-21-16(22-14)7-2-3-8-16/h4-5,10,14H,2-3,6-9,11-12H2,1H3,(H2,17,18,19). The van der Waals surface area contributed by atoms with E-state index in [1.165, 1.54) is 12.8 Å². The van der Waals surface area contributed by atoms with Gasteiger partial charge in [-0.3, -0.25) is 4.99 Å². The maximum atomic E-state index is 6.09. The van der Waals surface area contributed by atoms with Crippen molar-refractivity contribution in [1.29, 1.82) is 0 Å². The monoisotopic (exact) mass is 307 g/mol. The molecule has 1 saturated carbocycles. The summed E-state index contributed by atoms with van der Waals surface area (Å²) in [4.78, 5) is 4.22. The molecule has 0 amide bonds. The van der Waals surface area contributed by atoms with Crippen molar-refractivity contribution in [3.8, 4) is 0 Å². The van der Waals surface area contributed by atoms with Crippen molar-refractivity contribution < 1.29 is 13.9 Å². The van der Waals surface area contributed by atoms with E-state index in [4.69, 9.17) is 13.9 Å². The van der Waals surface area contributed by atoms with Gasteiger partial charge in [0.05, 0.1) is 12.9 Å². The summed E-state index contributed by atoms with van der Waals surface area (Å²) in [7, 11) is 1.77. The molecule has 2 heterocycles. The highest BCUT2D eigenvalue weighted by atomic mass is 16.7. The van der Waals surface area contributed by atoms with Gasteiger partial charge in [0.1, 0.15) is 11.9 Å². The van der Waals surface area contributed by atoms with Crippen LogP contribution in [0.15, 0.2) is 27.8 Å². The molecule has 2 N–H and O–H groups in total. The summed E-state index contributed by atoms with van der Waals surface area (Å²) in [5.41, 5.74) is 0. The van der Waals surface area contributed by atoms with Gasteiger partial charge in [0.2, 0.25) is 0 Å². The van der Waals surface area contributed by atoms with Gasteiger partial charge in [0.15, 0.2) is 11.7 Å². The molecule has 0 radical (unpaired) electrons. The lowest BCUT2D eigenvalue weighted by molar-refractivity contribution is -0.160. The van der Waals surface area contributed by atoms with Gasteiger partial charge >= 0.3 is 0 Å². The Morgan fingerprint density at radius 1 is 1.36 bits per heavy atom. The van der Waals surface area contributed by atoms with Gasteiger partial charge in [-0.2, -0.15) is 0 Å². The second kappa shape index (κ2) is 7.15. The van der Waals surface area contributed by atoms with Crippen molar-refractivity contribution in [1.82, 2.24) is 10.6 Å². The molecule has 6 nitrogen and oxygen atoms in total. The molecule has 6 heteroatoms. The maximum Gasteiger partial charge on any atom is 0.191 e. The van der Waals surface area contributed by atoms with E-state index in [1.54, 1.807) is 13.3 Å². The third-order valence-electron chi connectivity index (χ3n) is 4.24. The molecule has 1 spiro atoms. The summed E-state index contributed by atoms with van der Waals surface area (Å²) in [5.74, 6) is 1.46. The van der Waals surface area contributed by atoms with Gasteiger partial charge in [-0.15, -0.1) is 0 Å². The van der Waals surface area contributed by atoms with Crippen LogP contribution in [0.4, 0.5) is 0 Å². The SMILES string of the molecule is CN=C(NCCc1ccco1)NCC1COC2(CCCC2)O1. The fourth-order valence-electron chi connectivity index (χ4n) is 3.08. The normalized spacial score (nSPS) is 24.0. The molecular formula is C16H25N3O3. The molecule has 1 aromatic rings. The largest absolute Gasteiger partial charge is 0.469 e. The van der Waals surface area contributed by atoms with Crippen LogP contribution in [0, 0.1) is 0 Å². The van der Waals surface area contributed by atoms with Crippen molar-refractivity contribution in [2.75, 3.05) is 26.7 Å². The van der Waals surface area contributed by atoms with Crippen molar-refractivity contribution in [3.63, 3.8) is 0 Å². The Morgan fingerprint density at radius 2 is 2.23 bits per heavy atom. The number of rotatable bonds is 5. The second-order valence-corrected chi connectivity index (χ2v) is 5.88. The van der Waals surface area contributed by atoms with Crippen molar-refractivity contribution in [2.24, 2.45) is 4.99 Å². The molecule has 122 valence electrons. The first-order valence-corrected chi connectivity index (χ1v) is 8.08. The summed E-state index contributed by atoms with van der Waals surface area (Å²) >= 11 is 0. The van der Waals surface area contributed by atoms with Gasteiger partial charge in [0, 0.05) is 39.4 Å². The first-order valence-electron chi connectivity index (χ1n) is 8.08. The lowest BCUT2D eigenvalue weighted by Crippen LogP contribution is -2.42. The predicted molar refractivity (Wildman–Crippen MR) is 83.8 cm³/mol. The fraction of sp³-hybridized carbons (Fsp3) is 0.688. The van der Waals surface area contributed by atoms with Crippen LogP contribution in [0.2, 0.25) is 0 Å². The lowest BCUT2D eigenvalue weighted by Gasteiger charge is -2.22. The maximum absolute atomic E-state index is 6.09. The average Bonchev–Trinajstić information content (AvgIpc) is 3.27. The number of guanidine groups is 1. The summed E-state index contributed by atoms with van der Waals surface area (Å²) < 4.78 is 17.3. The van der Waals surface area contributed by atoms with E-state index in [0.717, 1.165) is 37.5 Å². The zero-order chi connectivity index (χ0) is 15.3. The number of nitrogens with zero attached hydrogens (tertiary/aromatic N) is 1. The van der Waals surface area contributed by atoms with E-state index >= 15 is 0 Å². The summed E-state index contributed by atoms with van der Waals surface area (Å²) in [6.45, 7) is 2.15. The Morgan fingerprint density at radius 3 is 2.95 bits per heavy atom. The molecule has 1 aliphatic heterocycles. The van der Waals surface area contributed by atoms with Crippen LogP contribution in [-0.2, 0) is 15.9 Å². The first kappa shape index (κ1) is 15.4. The molecule has 0 bridgehead atoms. The highest BCUT2D eigenvalue weighted by Crippen LogP contribution is 2.38. The van der Waals surface area contributed by atoms with E-state index in [2.05, 4.69) is 15.6 Å². The summed E-state index contributed by atoms with van der Waals surface area (Å²) in [6, 6.07) is 3.88. The molecule has 1 unspecified atom stereocenters. The topological polar surface area (TPSA) is 68.0 Å². The van der Waals surface area contributed by atoms with Crippen LogP contribution in [-0.4, -0.2) is 44.6 Å². The first-order chi connectivity index (χ1) is 10.8. The van der Waals surface area contributed by atoms with Crippen molar-refractivity contribution in [2.45, 2.75) is 44.0 Å². The van der Waals surface area contributed by atoms with Crippen LogP contribution < -0.4 is 10.6 Å². The van der Waals surface area contributed by atoms with Crippen LogP contribution in [0.3, 0.4) is 0 Å². The molecule has 22 heavy (non-hydrogen) atoms. The third kappa shape index (κ3) is 3.81. The highest BCUT2D eigenvalue weighted by Gasteiger charge is 2.43. The number of hydrogen-bond donors (Lipinski definition) is 2. The molecule has 2 aliphatic rings. The van der Waals surface area contributed by atoms with Crippen LogP contribution in [0.1, 0.15) is 31.4 Å². The van der Waals surface area contributed by atoms with E-state index in [9.17, 15) is 0 Å². The quantitative estimate of drug-likeness (QED) is 0.640. The van der Waals surface area contributed by atoms with Crippen molar-refractivity contribution in [3.05, 3.63) is 24.2 Å². The van der Waals surface area contributed by atoms with Gasteiger partial charge in [-0.1, -0.05) is 0 Å². The zero-order valence-corrected chi connectivity index (χ0v) is 13.1. The smallest absolute Gasteiger partial charge is 0.191 e. The average molecular weight is 307 g/mol. The number of hydrogen-bond acceptors (Lipinski definition) is 4. The molecule has 1 saturated heterocycles. The summed E-state index contributed by atoms with van der Waals surface area (Å²) in [6.07, 6.45) is 7.09. The van der Waals surface area contributed by atoms with Gasteiger partial charge in [-0.25, -0.2) is 0 Å². The van der Waals surface area contributed by atoms with Crippen LogP contribution in [0.25, 0.3) is 0 Å². The fourth-order valence-corrected chi connectivity index (χ4v) is 3.08. The Balaban J connectivity index is 1.36. The second-order valence-electron chi connectivity index (χ2n) is 5.88. The van der Waals surface area contributed by atoms with E-state index in [0.29, 0.717) is 13.2 Å². The Labute approximate surface area is 131 Å². The third-order valence-corrected chi connectivity index (χ3v) is 4.24. The number of furan rings is 1. The molecule has 3 rings (SSSR count). The lowest BCUT2D eigenvalue weighted by atomic mass is 10.2. The minimum Gasteiger partial charge on any atom is -0.469 e. The van der Waals surface area contributed by atoms with E-state index < -0.39 is 0 Å². The van der Waals surface area contributed by atoms with Gasteiger partial charge in [-0.05, 0) is 25.0 Å². The predicted octanol–water partition coefficient (Wildman–Crippen LogP) is 1.67.